The fourth-order valence-corrected chi connectivity index (χ4v) is 2.63. The first-order valence-electron chi connectivity index (χ1n) is 8.13. The lowest BCUT2D eigenvalue weighted by atomic mass is 9.67. The molecule has 0 spiro atoms. The lowest BCUT2D eigenvalue weighted by Crippen LogP contribution is -2.47. The van der Waals surface area contributed by atoms with Crippen LogP contribution in [-0.4, -0.2) is 38.5 Å². The molecule has 0 unspecified atom stereocenters. The standard InChI is InChI=1S/C16H32N4O/c1-6-16(9-8-10-16)12-20-14(18-7-2)19-11-15(3,4)13(21)17-5/h6-12H2,1-5H3,(H,17,21)(H2,18,19,20). The van der Waals surface area contributed by atoms with Crippen LogP contribution in [0.25, 0.3) is 0 Å². The van der Waals surface area contributed by atoms with Gasteiger partial charge in [-0.15, -0.1) is 0 Å². The van der Waals surface area contributed by atoms with Gasteiger partial charge in [-0.05, 0) is 45.4 Å². The van der Waals surface area contributed by atoms with E-state index in [1.54, 1.807) is 7.05 Å². The Labute approximate surface area is 129 Å². The van der Waals surface area contributed by atoms with Gasteiger partial charge in [-0.1, -0.05) is 13.3 Å². The number of carbonyl (C=O) groups is 1. The first-order chi connectivity index (χ1) is 9.89. The van der Waals surface area contributed by atoms with Crippen LogP contribution >= 0.6 is 0 Å². The molecule has 1 saturated carbocycles. The monoisotopic (exact) mass is 296 g/mol. The van der Waals surface area contributed by atoms with Gasteiger partial charge in [-0.2, -0.15) is 0 Å². The van der Waals surface area contributed by atoms with Gasteiger partial charge in [-0.25, -0.2) is 0 Å². The molecule has 1 amide bonds. The van der Waals surface area contributed by atoms with Crippen LogP contribution in [0.1, 0.15) is 53.4 Å². The second-order valence-electron chi connectivity index (χ2n) is 6.72. The second kappa shape index (κ2) is 7.66. The van der Waals surface area contributed by atoms with E-state index >= 15 is 0 Å². The highest BCUT2D eigenvalue weighted by Crippen LogP contribution is 2.42. The summed E-state index contributed by atoms with van der Waals surface area (Å²) in [6.07, 6.45) is 5.16. The normalized spacial score (nSPS) is 17.9. The minimum absolute atomic E-state index is 0.0196. The smallest absolute Gasteiger partial charge is 0.227 e. The molecule has 122 valence electrons. The lowest BCUT2D eigenvalue weighted by molar-refractivity contribution is -0.128. The maximum absolute atomic E-state index is 11.8. The molecule has 0 aromatic rings. The highest BCUT2D eigenvalue weighted by Gasteiger charge is 2.35. The van der Waals surface area contributed by atoms with Crippen LogP contribution in [0.5, 0.6) is 0 Å². The van der Waals surface area contributed by atoms with Gasteiger partial charge in [0.2, 0.25) is 5.91 Å². The number of aliphatic imine (C=N–C) groups is 1. The molecular weight excluding hydrogens is 264 g/mol. The molecule has 0 aliphatic heterocycles. The third-order valence-electron chi connectivity index (χ3n) is 4.61. The van der Waals surface area contributed by atoms with Crippen molar-refractivity contribution in [1.29, 1.82) is 0 Å². The predicted molar refractivity (Wildman–Crippen MR) is 88.4 cm³/mol. The van der Waals surface area contributed by atoms with Gasteiger partial charge >= 0.3 is 0 Å². The summed E-state index contributed by atoms with van der Waals surface area (Å²) in [5.74, 6) is 0.834. The number of nitrogens with zero attached hydrogens (tertiary/aromatic N) is 1. The predicted octanol–water partition coefficient (Wildman–Crippen LogP) is 1.89. The summed E-state index contributed by atoms with van der Waals surface area (Å²) in [6.45, 7) is 10.4. The average molecular weight is 296 g/mol. The summed E-state index contributed by atoms with van der Waals surface area (Å²) < 4.78 is 0. The molecule has 0 aromatic heterocycles. The topological polar surface area (TPSA) is 65.5 Å². The van der Waals surface area contributed by atoms with E-state index in [1.807, 2.05) is 13.8 Å². The molecule has 1 aliphatic carbocycles. The van der Waals surface area contributed by atoms with Crippen molar-refractivity contribution in [3.63, 3.8) is 0 Å². The Morgan fingerprint density at radius 1 is 1.24 bits per heavy atom. The Balaban J connectivity index is 2.59. The van der Waals surface area contributed by atoms with Gasteiger partial charge in [-0.3, -0.25) is 9.79 Å². The van der Waals surface area contributed by atoms with Crippen molar-refractivity contribution in [3.05, 3.63) is 0 Å². The summed E-state index contributed by atoms with van der Waals surface area (Å²) >= 11 is 0. The third kappa shape index (κ3) is 4.90. The molecule has 21 heavy (non-hydrogen) atoms. The highest BCUT2D eigenvalue weighted by atomic mass is 16.2. The van der Waals surface area contributed by atoms with Gasteiger partial charge in [0.05, 0.1) is 12.0 Å². The summed E-state index contributed by atoms with van der Waals surface area (Å²) in [6, 6.07) is 0. The average Bonchev–Trinajstić information content (AvgIpc) is 2.42. The molecule has 1 aliphatic rings. The summed E-state index contributed by atoms with van der Waals surface area (Å²) in [4.78, 5) is 16.4. The van der Waals surface area contributed by atoms with E-state index in [0.29, 0.717) is 12.0 Å². The third-order valence-corrected chi connectivity index (χ3v) is 4.61. The lowest BCUT2D eigenvalue weighted by Gasteiger charge is -2.41. The van der Waals surface area contributed by atoms with Crippen molar-refractivity contribution < 1.29 is 4.79 Å². The van der Waals surface area contributed by atoms with Gasteiger partial charge in [0.15, 0.2) is 5.96 Å². The Morgan fingerprint density at radius 3 is 2.33 bits per heavy atom. The van der Waals surface area contributed by atoms with Crippen LogP contribution in [0.4, 0.5) is 0 Å². The van der Waals surface area contributed by atoms with E-state index in [0.717, 1.165) is 19.0 Å². The fraction of sp³-hybridized carbons (Fsp3) is 0.875. The van der Waals surface area contributed by atoms with Crippen molar-refractivity contribution in [3.8, 4) is 0 Å². The van der Waals surface area contributed by atoms with Gasteiger partial charge in [0.25, 0.3) is 0 Å². The van der Waals surface area contributed by atoms with E-state index in [-0.39, 0.29) is 5.91 Å². The SMILES string of the molecule is CCNC(=NCC(C)(C)C(=O)NC)NCC1(CC)CCC1. The number of carbonyl (C=O) groups excluding carboxylic acids is 1. The largest absolute Gasteiger partial charge is 0.359 e. The summed E-state index contributed by atoms with van der Waals surface area (Å²) in [5.41, 5.74) is -0.0392. The molecule has 5 nitrogen and oxygen atoms in total. The Hall–Kier alpha value is -1.26. The van der Waals surface area contributed by atoms with E-state index in [9.17, 15) is 4.79 Å². The Morgan fingerprint density at radius 2 is 1.90 bits per heavy atom. The number of nitrogens with one attached hydrogen (secondary N) is 3. The molecule has 0 atom stereocenters. The van der Waals surface area contributed by atoms with Crippen molar-refractivity contribution >= 4 is 11.9 Å². The van der Waals surface area contributed by atoms with E-state index in [2.05, 4.69) is 34.8 Å². The molecular formula is C16H32N4O. The number of hydrogen-bond acceptors (Lipinski definition) is 2. The molecule has 0 bridgehead atoms. The quantitative estimate of drug-likeness (QED) is 0.496. The van der Waals surface area contributed by atoms with Crippen LogP contribution in [0.2, 0.25) is 0 Å². The number of rotatable bonds is 7. The number of guanidine groups is 1. The van der Waals surface area contributed by atoms with Crippen LogP contribution in [0, 0.1) is 10.8 Å². The van der Waals surface area contributed by atoms with Crippen LogP contribution in [0.3, 0.4) is 0 Å². The van der Waals surface area contributed by atoms with Crippen molar-refractivity contribution in [2.24, 2.45) is 15.8 Å². The molecule has 0 saturated heterocycles. The molecule has 0 heterocycles. The highest BCUT2D eigenvalue weighted by molar-refractivity contribution is 5.83. The molecule has 5 heteroatoms. The summed E-state index contributed by atoms with van der Waals surface area (Å²) in [7, 11) is 1.67. The zero-order chi connectivity index (χ0) is 15.9. The molecule has 1 fully saturated rings. The maximum atomic E-state index is 11.8. The van der Waals surface area contributed by atoms with Crippen LogP contribution in [0.15, 0.2) is 4.99 Å². The van der Waals surface area contributed by atoms with Crippen molar-refractivity contribution in [2.75, 3.05) is 26.7 Å². The minimum atomic E-state index is -0.490. The summed E-state index contributed by atoms with van der Waals surface area (Å²) in [5, 5.41) is 9.41. The zero-order valence-electron chi connectivity index (χ0n) is 14.3. The molecule has 1 rings (SSSR count). The zero-order valence-corrected chi connectivity index (χ0v) is 14.3. The first kappa shape index (κ1) is 17.8. The van der Waals surface area contributed by atoms with Crippen molar-refractivity contribution in [1.82, 2.24) is 16.0 Å². The minimum Gasteiger partial charge on any atom is -0.359 e. The molecule has 3 N–H and O–H groups in total. The van der Waals surface area contributed by atoms with Crippen LogP contribution in [-0.2, 0) is 4.79 Å². The number of amides is 1. The van der Waals surface area contributed by atoms with Gasteiger partial charge < -0.3 is 16.0 Å². The van der Waals surface area contributed by atoms with Gasteiger partial charge in [0.1, 0.15) is 0 Å². The Kier molecular flexibility index (Phi) is 6.49. The van der Waals surface area contributed by atoms with Crippen molar-refractivity contribution in [2.45, 2.75) is 53.4 Å². The Bertz CT molecular complexity index is 367. The number of hydrogen-bond donors (Lipinski definition) is 3. The van der Waals surface area contributed by atoms with E-state index in [1.165, 1.54) is 25.7 Å². The first-order valence-corrected chi connectivity index (χ1v) is 8.13. The maximum Gasteiger partial charge on any atom is 0.227 e. The van der Waals surface area contributed by atoms with Gasteiger partial charge in [0, 0.05) is 20.1 Å². The second-order valence-corrected chi connectivity index (χ2v) is 6.72. The van der Waals surface area contributed by atoms with Crippen LogP contribution < -0.4 is 16.0 Å². The molecule has 0 radical (unpaired) electrons. The fourth-order valence-electron chi connectivity index (χ4n) is 2.63. The van der Waals surface area contributed by atoms with E-state index in [4.69, 9.17) is 0 Å². The van der Waals surface area contributed by atoms with E-state index < -0.39 is 5.41 Å². The molecule has 0 aromatic carbocycles.